The molecule has 2 saturated heterocycles. The van der Waals surface area contributed by atoms with Crippen LogP contribution in [0.3, 0.4) is 0 Å². The summed E-state index contributed by atoms with van der Waals surface area (Å²) in [7, 11) is 2.29. The molecule has 3 rings (SSSR count). The molecule has 2 fully saturated rings. The van der Waals surface area contributed by atoms with Crippen molar-refractivity contribution in [3.63, 3.8) is 0 Å². The zero-order valence-corrected chi connectivity index (χ0v) is 15.3. The third-order valence-corrected chi connectivity index (χ3v) is 6.28. The van der Waals surface area contributed by atoms with Gasteiger partial charge in [-0.25, -0.2) is 0 Å². The minimum absolute atomic E-state index is 0.933. The van der Waals surface area contributed by atoms with Crippen molar-refractivity contribution < 1.29 is 0 Å². The van der Waals surface area contributed by atoms with E-state index in [1.165, 1.54) is 63.0 Å². The Balaban J connectivity index is 1.50. The number of benzene rings is 1. The Bertz CT molecular complexity index is 473. The fourth-order valence-electron chi connectivity index (χ4n) is 4.78. The molecule has 0 N–H and O–H groups in total. The Kier molecular flexibility index (Phi) is 5.76. The minimum atomic E-state index is 0.933. The van der Waals surface area contributed by atoms with Crippen molar-refractivity contribution >= 4 is 0 Å². The summed E-state index contributed by atoms with van der Waals surface area (Å²) in [4.78, 5) is 5.20. The highest BCUT2D eigenvalue weighted by atomic mass is 15.1. The van der Waals surface area contributed by atoms with Gasteiger partial charge in [0.05, 0.1) is 0 Å². The SMILES string of the molecule is CC[C@H]1CN(C)CCC1C1CCN(Cc2ccc(C)cc2)CC1. The Morgan fingerprint density at radius 1 is 1.00 bits per heavy atom. The van der Waals surface area contributed by atoms with Crippen molar-refractivity contribution in [3.8, 4) is 0 Å². The van der Waals surface area contributed by atoms with Crippen molar-refractivity contribution in [2.75, 3.05) is 33.2 Å². The summed E-state index contributed by atoms with van der Waals surface area (Å²) >= 11 is 0. The third-order valence-electron chi connectivity index (χ3n) is 6.28. The van der Waals surface area contributed by atoms with Gasteiger partial charge in [-0.2, -0.15) is 0 Å². The van der Waals surface area contributed by atoms with E-state index in [2.05, 4.69) is 55.0 Å². The molecular formula is C21H34N2. The molecular weight excluding hydrogens is 280 g/mol. The van der Waals surface area contributed by atoms with E-state index in [0.717, 1.165) is 24.3 Å². The molecule has 2 aliphatic heterocycles. The predicted molar refractivity (Wildman–Crippen MR) is 98.6 cm³/mol. The molecule has 0 bridgehead atoms. The number of likely N-dealkylation sites (tertiary alicyclic amines) is 2. The van der Waals surface area contributed by atoms with Crippen molar-refractivity contribution in [2.24, 2.45) is 17.8 Å². The van der Waals surface area contributed by atoms with Gasteiger partial charge in [-0.1, -0.05) is 43.2 Å². The maximum absolute atomic E-state index is 2.66. The first-order valence-corrected chi connectivity index (χ1v) is 9.62. The first-order chi connectivity index (χ1) is 11.2. The minimum Gasteiger partial charge on any atom is -0.306 e. The Morgan fingerprint density at radius 2 is 1.70 bits per heavy atom. The molecule has 1 aromatic carbocycles. The van der Waals surface area contributed by atoms with Crippen molar-refractivity contribution in [1.29, 1.82) is 0 Å². The first-order valence-electron chi connectivity index (χ1n) is 9.62. The van der Waals surface area contributed by atoms with Gasteiger partial charge in [-0.3, -0.25) is 4.90 Å². The summed E-state index contributed by atoms with van der Waals surface area (Å²) in [5.41, 5.74) is 2.83. The van der Waals surface area contributed by atoms with Crippen LogP contribution in [0.4, 0.5) is 0 Å². The van der Waals surface area contributed by atoms with Gasteiger partial charge in [0.1, 0.15) is 0 Å². The highest BCUT2D eigenvalue weighted by Gasteiger charge is 2.34. The quantitative estimate of drug-likeness (QED) is 0.822. The summed E-state index contributed by atoms with van der Waals surface area (Å²) < 4.78 is 0. The monoisotopic (exact) mass is 314 g/mol. The number of rotatable bonds is 4. The summed E-state index contributed by atoms with van der Waals surface area (Å²) in [6.07, 6.45) is 5.61. The molecule has 0 radical (unpaired) electrons. The second-order valence-corrected chi connectivity index (χ2v) is 7.98. The summed E-state index contributed by atoms with van der Waals surface area (Å²) in [6, 6.07) is 9.08. The Hall–Kier alpha value is -0.860. The van der Waals surface area contributed by atoms with Gasteiger partial charge >= 0.3 is 0 Å². The lowest BCUT2D eigenvalue weighted by Crippen LogP contribution is -2.44. The molecule has 1 aromatic rings. The number of hydrogen-bond donors (Lipinski definition) is 0. The predicted octanol–water partition coefficient (Wildman–Crippen LogP) is 4.18. The lowest BCUT2D eigenvalue weighted by molar-refractivity contribution is 0.0563. The van der Waals surface area contributed by atoms with Gasteiger partial charge in [0.15, 0.2) is 0 Å². The molecule has 2 heteroatoms. The fraction of sp³-hybridized carbons (Fsp3) is 0.714. The van der Waals surface area contributed by atoms with Crippen LogP contribution in [0.2, 0.25) is 0 Å². The van der Waals surface area contributed by atoms with E-state index in [0.29, 0.717) is 0 Å². The Labute approximate surface area is 142 Å². The average Bonchev–Trinajstić information content (AvgIpc) is 2.58. The number of piperidine rings is 2. The van der Waals surface area contributed by atoms with Gasteiger partial charge in [0.2, 0.25) is 0 Å². The number of aryl methyl sites for hydroxylation is 1. The molecule has 0 amide bonds. The fourth-order valence-corrected chi connectivity index (χ4v) is 4.78. The second-order valence-electron chi connectivity index (χ2n) is 7.98. The third kappa shape index (κ3) is 4.36. The smallest absolute Gasteiger partial charge is 0.0233 e. The largest absolute Gasteiger partial charge is 0.306 e. The maximum Gasteiger partial charge on any atom is 0.0233 e. The van der Waals surface area contributed by atoms with Crippen LogP contribution in [0.5, 0.6) is 0 Å². The molecule has 128 valence electrons. The van der Waals surface area contributed by atoms with Crippen LogP contribution in [0.25, 0.3) is 0 Å². The van der Waals surface area contributed by atoms with E-state index >= 15 is 0 Å². The van der Waals surface area contributed by atoms with E-state index in [9.17, 15) is 0 Å². The van der Waals surface area contributed by atoms with Crippen molar-refractivity contribution in [2.45, 2.75) is 46.1 Å². The molecule has 2 heterocycles. The second kappa shape index (κ2) is 7.81. The summed E-state index contributed by atoms with van der Waals surface area (Å²) in [6.45, 7) is 10.9. The highest BCUT2D eigenvalue weighted by molar-refractivity contribution is 5.21. The van der Waals surface area contributed by atoms with Gasteiger partial charge in [0.25, 0.3) is 0 Å². The molecule has 23 heavy (non-hydrogen) atoms. The van der Waals surface area contributed by atoms with E-state index in [-0.39, 0.29) is 0 Å². The highest BCUT2D eigenvalue weighted by Crippen LogP contribution is 2.37. The molecule has 0 aliphatic carbocycles. The molecule has 2 atom stereocenters. The molecule has 0 spiro atoms. The van der Waals surface area contributed by atoms with E-state index < -0.39 is 0 Å². The van der Waals surface area contributed by atoms with E-state index in [1.54, 1.807) is 0 Å². The van der Waals surface area contributed by atoms with Crippen LogP contribution in [-0.4, -0.2) is 43.0 Å². The number of hydrogen-bond acceptors (Lipinski definition) is 2. The van der Waals surface area contributed by atoms with Gasteiger partial charge in [-0.05, 0) is 76.2 Å². The molecule has 0 saturated carbocycles. The Morgan fingerprint density at radius 3 is 2.35 bits per heavy atom. The first kappa shape index (κ1) is 17.0. The molecule has 0 aromatic heterocycles. The van der Waals surface area contributed by atoms with E-state index in [1.807, 2.05) is 0 Å². The zero-order valence-electron chi connectivity index (χ0n) is 15.3. The maximum atomic E-state index is 2.66. The van der Waals surface area contributed by atoms with Gasteiger partial charge < -0.3 is 4.90 Å². The van der Waals surface area contributed by atoms with Crippen molar-refractivity contribution in [1.82, 2.24) is 9.80 Å². The van der Waals surface area contributed by atoms with E-state index in [4.69, 9.17) is 0 Å². The lowest BCUT2D eigenvalue weighted by atomic mass is 9.72. The lowest BCUT2D eigenvalue weighted by Gasteiger charge is -2.43. The van der Waals surface area contributed by atoms with Crippen LogP contribution in [0.15, 0.2) is 24.3 Å². The summed E-state index contributed by atoms with van der Waals surface area (Å²) in [5.74, 6) is 2.89. The molecule has 2 aliphatic rings. The van der Waals surface area contributed by atoms with Gasteiger partial charge in [0, 0.05) is 13.1 Å². The van der Waals surface area contributed by atoms with Crippen LogP contribution < -0.4 is 0 Å². The average molecular weight is 315 g/mol. The normalized spacial score (nSPS) is 28.1. The van der Waals surface area contributed by atoms with Gasteiger partial charge in [-0.15, -0.1) is 0 Å². The van der Waals surface area contributed by atoms with Crippen molar-refractivity contribution in [3.05, 3.63) is 35.4 Å². The zero-order chi connectivity index (χ0) is 16.2. The van der Waals surface area contributed by atoms with Crippen LogP contribution in [0, 0.1) is 24.7 Å². The van der Waals surface area contributed by atoms with Crippen LogP contribution in [-0.2, 0) is 6.54 Å². The topological polar surface area (TPSA) is 6.48 Å². The van der Waals surface area contributed by atoms with Crippen LogP contribution >= 0.6 is 0 Å². The van der Waals surface area contributed by atoms with Crippen LogP contribution in [0.1, 0.15) is 43.7 Å². The number of nitrogens with zero attached hydrogens (tertiary/aromatic N) is 2. The molecule has 1 unspecified atom stereocenters. The summed E-state index contributed by atoms with van der Waals surface area (Å²) in [5, 5.41) is 0. The standard InChI is InChI=1S/C21H34N2/c1-4-19-16-22(3)12-11-21(19)20-9-13-23(14-10-20)15-18-7-5-17(2)6-8-18/h5-8,19-21H,4,9-16H2,1-3H3/t19-,21?/m0/s1. The molecule has 2 nitrogen and oxygen atoms in total.